The molecule has 0 aromatic carbocycles. The number of esters is 1. The predicted octanol–water partition coefficient (Wildman–Crippen LogP) is 3.23. The minimum Gasteiger partial charge on any atom is -0.467 e. The molecule has 1 unspecified atom stereocenters. The molecule has 1 atom stereocenters. The van der Waals surface area contributed by atoms with E-state index in [1.807, 2.05) is 17.5 Å². The molecular weight excluding hydrogens is 418 g/mol. The molecule has 4 aromatic rings. The van der Waals surface area contributed by atoms with Crippen LogP contribution in [0.3, 0.4) is 0 Å². The smallest absolute Gasteiger partial charge is 0.344 e. The molecule has 156 valence electrons. The first-order valence-corrected chi connectivity index (χ1v) is 10.4. The number of carbonyl (C=O) groups is 2. The van der Waals surface area contributed by atoms with E-state index in [4.69, 9.17) is 9.15 Å². The second kappa shape index (κ2) is 7.80. The topological polar surface area (TPSA) is 102 Å². The standard InChI is InChI=1S/C21H17N5O4S/c1-13-19(20-22-7-4-8-25(20)23-13)21(28)30-12-18(27)26-15(16-5-2-9-29-16)11-14(24-26)17-6-3-10-31-17/h2-10,15H,11-12H2,1H3. The molecule has 31 heavy (non-hydrogen) atoms. The van der Waals surface area contributed by atoms with Gasteiger partial charge in [0.1, 0.15) is 17.4 Å². The van der Waals surface area contributed by atoms with Crippen molar-refractivity contribution in [2.24, 2.45) is 5.10 Å². The average molecular weight is 435 g/mol. The molecule has 0 bridgehead atoms. The molecule has 0 N–H and O–H groups in total. The van der Waals surface area contributed by atoms with Crippen LogP contribution in [-0.4, -0.2) is 43.8 Å². The van der Waals surface area contributed by atoms with Gasteiger partial charge in [0.05, 0.1) is 22.5 Å². The fourth-order valence-corrected chi connectivity index (χ4v) is 4.26. The quantitative estimate of drug-likeness (QED) is 0.446. The lowest BCUT2D eigenvalue weighted by Crippen LogP contribution is -2.31. The van der Waals surface area contributed by atoms with Gasteiger partial charge >= 0.3 is 5.97 Å². The summed E-state index contributed by atoms with van der Waals surface area (Å²) < 4.78 is 12.3. The molecule has 0 saturated heterocycles. The molecule has 4 aromatic heterocycles. The minimum absolute atomic E-state index is 0.236. The summed E-state index contributed by atoms with van der Waals surface area (Å²) in [5, 5.41) is 12.0. The van der Waals surface area contributed by atoms with Gasteiger partial charge in [-0.05, 0) is 36.6 Å². The number of thiophene rings is 1. The van der Waals surface area contributed by atoms with E-state index >= 15 is 0 Å². The van der Waals surface area contributed by atoms with Crippen molar-refractivity contribution < 1.29 is 18.7 Å². The third kappa shape index (κ3) is 3.50. The largest absolute Gasteiger partial charge is 0.467 e. The van der Waals surface area contributed by atoms with E-state index in [9.17, 15) is 9.59 Å². The van der Waals surface area contributed by atoms with Gasteiger partial charge in [0.25, 0.3) is 5.91 Å². The summed E-state index contributed by atoms with van der Waals surface area (Å²) in [6, 6.07) is 8.78. The fourth-order valence-electron chi connectivity index (χ4n) is 3.54. The van der Waals surface area contributed by atoms with Gasteiger partial charge in [-0.1, -0.05) is 6.07 Å². The van der Waals surface area contributed by atoms with Crippen molar-refractivity contribution in [3.63, 3.8) is 0 Å². The zero-order valence-electron chi connectivity index (χ0n) is 16.5. The second-order valence-corrected chi connectivity index (χ2v) is 7.87. The van der Waals surface area contributed by atoms with Crippen LogP contribution in [0.25, 0.3) is 5.65 Å². The van der Waals surface area contributed by atoms with E-state index in [1.54, 1.807) is 55.1 Å². The molecule has 0 aliphatic carbocycles. The Labute approximate surface area is 180 Å². The van der Waals surface area contributed by atoms with Crippen molar-refractivity contribution in [2.45, 2.75) is 19.4 Å². The van der Waals surface area contributed by atoms with Crippen LogP contribution in [0.1, 0.15) is 39.2 Å². The molecule has 1 aliphatic heterocycles. The number of ether oxygens (including phenoxy) is 1. The molecule has 9 nitrogen and oxygen atoms in total. The number of amides is 1. The molecule has 5 heterocycles. The number of rotatable bonds is 5. The SMILES string of the molecule is Cc1nn2cccnc2c1C(=O)OCC(=O)N1N=C(c2cccs2)CC1c1ccco1. The van der Waals surface area contributed by atoms with Crippen LogP contribution in [0.5, 0.6) is 0 Å². The molecule has 0 saturated carbocycles. The maximum absolute atomic E-state index is 13.0. The monoisotopic (exact) mass is 435 g/mol. The fraction of sp³-hybridized carbons (Fsp3) is 0.190. The summed E-state index contributed by atoms with van der Waals surface area (Å²) >= 11 is 1.55. The van der Waals surface area contributed by atoms with Crippen LogP contribution in [0.2, 0.25) is 0 Å². The third-order valence-electron chi connectivity index (χ3n) is 4.94. The number of furan rings is 1. The van der Waals surface area contributed by atoms with Crippen LogP contribution in [0.4, 0.5) is 0 Å². The van der Waals surface area contributed by atoms with E-state index in [1.165, 1.54) is 9.52 Å². The van der Waals surface area contributed by atoms with Crippen molar-refractivity contribution in [1.82, 2.24) is 19.6 Å². The Morgan fingerprint density at radius 3 is 2.97 bits per heavy atom. The number of aryl methyl sites for hydroxylation is 1. The van der Waals surface area contributed by atoms with E-state index in [0.29, 0.717) is 23.5 Å². The zero-order valence-corrected chi connectivity index (χ0v) is 17.3. The van der Waals surface area contributed by atoms with Crippen LogP contribution in [0.15, 0.2) is 63.9 Å². The highest BCUT2D eigenvalue weighted by atomic mass is 32.1. The summed E-state index contributed by atoms with van der Waals surface area (Å²) in [6.07, 6.45) is 5.33. The maximum Gasteiger partial charge on any atom is 0.344 e. The maximum atomic E-state index is 13.0. The van der Waals surface area contributed by atoms with E-state index in [-0.39, 0.29) is 5.56 Å². The number of fused-ring (bicyclic) bond motifs is 1. The highest BCUT2D eigenvalue weighted by Gasteiger charge is 2.35. The van der Waals surface area contributed by atoms with Crippen molar-refractivity contribution in [1.29, 1.82) is 0 Å². The number of hydrogen-bond donors (Lipinski definition) is 0. The normalized spacial score (nSPS) is 16.0. The number of carbonyl (C=O) groups excluding carboxylic acids is 2. The molecule has 1 amide bonds. The zero-order chi connectivity index (χ0) is 21.4. The molecule has 0 radical (unpaired) electrons. The minimum atomic E-state index is -0.657. The van der Waals surface area contributed by atoms with Gasteiger partial charge in [-0.15, -0.1) is 11.3 Å². The molecule has 5 rings (SSSR count). The van der Waals surface area contributed by atoms with Gasteiger partial charge in [-0.2, -0.15) is 10.2 Å². The van der Waals surface area contributed by atoms with Gasteiger partial charge in [0.2, 0.25) is 0 Å². The first kappa shape index (κ1) is 19.2. The third-order valence-corrected chi connectivity index (χ3v) is 5.86. The van der Waals surface area contributed by atoms with Crippen molar-refractivity contribution in [3.8, 4) is 0 Å². The summed E-state index contributed by atoms with van der Waals surface area (Å²) in [5.41, 5.74) is 1.88. The van der Waals surface area contributed by atoms with Gasteiger partial charge in [-0.3, -0.25) is 4.79 Å². The van der Waals surface area contributed by atoms with Crippen molar-refractivity contribution >= 4 is 34.6 Å². The van der Waals surface area contributed by atoms with Gasteiger partial charge in [0.15, 0.2) is 12.3 Å². The predicted molar refractivity (Wildman–Crippen MR) is 112 cm³/mol. The lowest BCUT2D eigenvalue weighted by molar-refractivity contribution is -0.136. The molecule has 0 fully saturated rings. The average Bonchev–Trinajstić information content (AvgIpc) is 3.56. The summed E-state index contributed by atoms with van der Waals surface area (Å²) in [7, 11) is 0. The summed E-state index contributed by atoms with van der Waals surface area (Å²) in [6.45, 7) is 1.24. The number of nitrogens with zero attached hydrogens (tertiary/aromatic N) is 5. The Hall–Kier alpha value is -3.79. The van der Waals surface area contributed by atoms with Gasteiger partial charge in [-0.25, -0.2) is 19.3 Å². The van der Waals surface area contributed by atoms with Crippen LogP contribution >= 0.6 is 11.3 Å². The van der Waals surface area contributed by atoms with E-state index in [0.717, 1.165) is 10.6 Å². The lowest BCUT2D eigenvalue weighted by Gasteiger charge is -2.19. The Morgan fingerprint density at radius 1 is 1.29 bits per heavy atom. The second-order valence-electron chi connectivity index (χ2n) is 6.92. The lowest BCUT2D eigenvalue weighted by atomic mass is 10.1. The molecule has 10 heteroatoms. The van der Waals surface area contributed by atoms with Crippen LogP contribution in [-0.2, 0) is 9.53 Å². The van der Waals surface area contributed by atoms with E-state index in [2.05, 4.69) is 15.2 Å². The Kier molecular flexibility index (Phi) is 4.83. The Balaban J connectivity index is 1.35. The highest BCUT2D eigenvalue weighted by molar-refractivity contribution is 7.12. The Bertz CT molecular complexity index is 1280. The molecule has 1 aliphatic rings. The van der Waals surface area contributed by atoms with Crippen molar-refractivity contribution in [3.05, 3.63) is 76.3 Å². The Morgan fingerprint density at radius 2 is 2.19 bits per heavy atom. The highest BCUT2D eigenvalue weighted by Crippen LogP contribution is 2.34. The molecular formula is C21H17N5O4S. The van der Waals surface area contributed by atoms with Crippen molar-refractivity contribution in [2.75, 3.05) is 6.61 Å². The summed E-state index contributed by atoms with van der Waals surface area (Å²) in [4.78, 5) is 30.8. The number of hydrazone groups is 1. The van der Waals surface area contributed by atoms with Crippen LogP contribution < -0.4 is 0 Å². The number of hydrogen-bond acceptors (Lipinski definition) is 8. The number of aromatic nitrogens is 3. The molecule has 0 spiro atoms. The van der Waals surface area contributed by atoms with E-state index < -0.39 is 24.5 Å². The first-order chi connectivity index (χ1) is 15.1. The van der Waals surface area contributed by atoms with Crippen LogP contribution in [0, 0.1) is 6.92 Å². The van der Waals surface area contributed by atoms with Gasteiger partial charge < -0.3 is 9.15 Å². The van der Waals surface area contributed by atoms with Gasteiger partial charge in [0, 0.05) is 18.8 Å². The summed E-state index contributed by atoms with van der Waals surface area (Å²) in [5.74, 6) is -0.475. The first-order valence-electron chi connectivity index (χ1n) is 9.55.